The van der Waals surface area contributed by atoms with Crippen LogP contribution >= 0.6 is 0 Å². The Bertz CT molecular complexity index is 877. The maximum Gasteiger partial charge on any atom is 0.250 e. The molecule has 128 valence electrons. The molecule has 0 spiro atoms. The number of carbonyl (C=O) groups excluding carboxylic acids is 2. The first-order chi connectivity index (χ1) is 12.2. The molecular formula is C18H17N3O4. The highest BCUT2D eigenvalue weighted by Gasteiger charge is 2.20. The number of rotatable bonds is 6. The first-order valence-electron chi connectivity index (χ1n) is 7.75. The van der Waals surface area contributed by atoms with Gasteiger partial charge in [-0.05, 0) is 16.3 Å². The molecule has 1 unspecified atom stereocenters. The monoisotopic (exact) mass is 339 g/mol. The average molecular weight is 339 g/mol. The van der Waals surface area contributed by atoms with Crippen LogP contribution in [0.25, 0.3) is 10.8 Å². The van der Waals surface area contributed by atoms with E-state index in [-0.39, 0.29) is 18.1 Å². The number of hydrogen-bond acceptors (Lipinski definition) is 5. The molecule has 3 rings (SSSR count). The maximum atomic E-state index is 12.2. The molecule has 7 nitrogen and oxygen atoms in total. The molecule has 0 saturated carbocycles. The van der Waals surface area contributed by atoms with E-state index in [0.29, 0.717) is 0 Å². The molecule has 7 heteroatoms. The molecule has 1 atom stereocenters. The molecule has 0 aliphatic carbocycles. The van der Waals surface area contributed by atoms with Gasteiger partial charge >= 0.3 is 0 Å². The Morgan fingerprint density at radius 3 is 2.64 bits per heavy atom. The largest absolute Gasteiger partial charge is 0.394 e. The minimum Gasteiger partial charge on any atom is -0.394 e. The van der Waals surface area contributed by atoms with E-state index >= 15 is 0 Å². The zero-order valence-electron chi connectivity index (χ0n) is 13.3. The highest BCUT2D eigenvalue weighted by molar-refractivity contribution is 5.97. The Morgan fingerprint density at radius 1 is 1.12 bits per heavy atom. The second kappa shape index (κ2) is 7.59. The van der Waals surface area contributed by atoms with E-state index in [9.17, 15) is 14.7 Å². The summed E-state index contributed by atoms with van der Waals surface area (Å²) in [7, 11) is 0. The van der Waals surface area contributed by atoms with Gasteiger partial charge in [0.25, 0.3) is 5.91 Å². The van der Waals surface area contributed by atoms with Crippen LogP contribution in [0.4, 0.5) is 5.82 Å². The highest BCUT2D eigenvalue weighted by Crippen LogP contribution is 2.16. The van der Waals surface area contributed by atoms with Crippen LogP contribution in [0.3, 0.4) is 0 Å². The molecule has 0 fully saturated rings. The van der Waals surface area contributed by atoms with Crippen molar-refractivity contribution in [3.63, 3.8) is 0 Å². The number of nitrogens with zero attached hydrogens (tertiary/aromatic N) is 1. The summed E-state index contributed by atoms with van der Waals surface area (Å²) in [5.74, 6) is -0.708. The van der Waals surface area contributed by atoms with E-state index in [1.807, 2.05) is 42.5 Å². The summed E-state index contributed by atoms with van der Waals surface area (Å²) in [4.78, 5) is 24.2. The number of benzene rings is 2. The van der Waals surface area contributed by atoms with Crippen molar-refractivity contribution in [3.8, 4) is 0 Å². The van der Waals surface area contributed by atoms with Crippen molar-refractivity contribution in [3.05, 3.63) is 60.4 Å². The number of aliphatic hydroxyl groups excluding tert-OH is 1. The Morgan fingerprint density at radius 2 is 1.92 bits per heavy atom. The standard InChI is InChI=1S/C18H17N3O4/c22-11-15(18(24)20-16-7-8-25-21-16)19-17(23)10-12-5-6-13-3-1-2-4-14(13)9-12/h1-9,15,22H,10-11H2,(H,19,23)(H,20,21,24). The van der Waals surface area contributed by atoms with Crippen molar-refractivity contribution in [1.82, 2.24) is 10.5 Å². The summed E-state index contributed by atoms with van der Waals surface area (Å²) < 4.78 is 4.61. The molecule has 0 saturated heterocycles. The van der Waals surface area contributed by atoms with Gasteiger partial charge in [0, 0.05) is 6.07 Å². The van der Waals surface area contributed by atoms with Crippen LogP contribution < -0.4 is 10.6 Å². The summed E-state index contributed by atoms with van der Waals surface area (Å²) in [6, 6.07) is 14.0. The highest BCUT2D eigenvalue weighted by atomic mass is 16.5. The van der Waals surface area contributed by atoms with Gasteiger partial charge in [0.2, 0.25) is 5.91 Å². The lowest BCUT2D eigenvalue weighted by Gasteiger charge is -2.15. The van der Waals surface area contributed by atoms with E-state index in [4.69, 9.17) is 0 Å². The van der Waals surface area contributed by atoms with Crippen molar-refractivity contribution in [2.24, 2.45) is 0 Å². The van der Waals surface area contributed by atoms with Crippen molar-refractivity contribution in [2.75, 3.05) is 11.9 Å². The quantitative estimate of drug-likeness (QED) is 0.631. The average Bonchev–Trinajstić information content (AvgIpc) is 3.12. The third-order valence-corrected chi connectivity index (χ3v) is 3.70. The molecule has 1 aromatic heterocycles. The first-order valence-corrected chi connectivity index (χ1v) is 7.75. The van der Waals surface area contributed by atoms with Crippen LogP contribution in [-0.4, -0.2) is 34.7 Å². The lowest BCUT2D eigenvalue weighted by molar-refractivity contribution is -0.126. The van der Waals surface area contributed by atoms with Gasteiger partial charge in [0.15, 0.2) is 5.82 Å². The van der Waals surface area contributed by atoms with Gasteiger partial charge in [-0.1, -0.05) is 47.6 Å². The van der Waals surface area contributed by atoms with Gasteiger partial charge in [0.05, 0.1) is 13.0 Å². The Kier molecular flexibility index (Phi) is 5.06. The van der Waals surface area contributed by atoms with E-state index in [2.05, 4.69) is 20.3 Å². The number of amides is 2. The number of hydrogen-bond donors (Lipinski definition) is 3. The van der Waals surface area contributed by atoms with Crippen molar-refractivity contribution in [1.29, 1.82) is 0 Å². The number of fused-ring (bicyclic) bond motifs is 1. The maximum absolute atomic E-state index is 12.2. The molecule has 25 heavy (non-hydrogen) atoms. The SMILES string of the molecule is O=C(Cc1ccc2ccccc2c1)NC(CO)C(=O)Nc1ccon1. The molecule has 3 aromatic rings. The fourth-order valence-corrected chi connectivity index (χ4v) is 2.46. The van der Waals surface area contributed by atoms with Gasteiger partial charge < -0.3 is 20.3 Å². The Balaban J connectivity index is 1.62. The summed E-state index contributed by atoms with van der Waals surface area (Å²) >= 11 is 0. The third-order valence-electron chi connectivity index (χ3n) is 3.70. The number of aliphatic hydroxyl groups is 1. The van der Waals surface area contributed by atoms with Gasteiger partial charge in [-0.3, -0.25) is 9.59 Å². The van der Waals surface area contributed by atoms with Crippen molar-refractivity contribution >= 4 is 28.4 Å². The fourth-order valence-electron chi connectivity index (χ4n) is 2.46. The second-order valence-electron chi connectivity index (χ2n) is 5.53. The predicted molar refractivity (Wildman–Crippen MR) is 91.8 cm³/mol. The van der Waals surface area contributed by atoms with E-state index in [1.54, 1.807) is 0 Å². The Hall–Kier alpha value is -3.19. The van der Waals surface area contributed by atoms with Crippen molar-refractivity contribution in [2.45, 2.75) is 12.5 Å². The summed E-state index contributed by atoms with van der Waals surface area (Å²) in [5, 5.41) is 20.0. The number of nitrogens with one attached hydrogen (secondary N) is 2. The fraction of sp³-hybridized carbons (Fsp3) is 0.167. The molecule has 2 amide bonds. The zero-order chi connectivity index (χ0) is 17.6. The minimum absolute atomic E-state index is 0.110. The molecule has 0 bridgehead atoms. The summed E-state index contributed by atoms with van der Waals surface area (Å²) in [6.45, 7) is -0.521. The Labute approximate surface area is 143 Å². The zero-order valence-corrected chi connectivity index (χ0v) is 13.3. The number of anilines is 1. The summed E-state index contributed by atoms with van der Waals surface area (Å²) in [6.07, 6.45) is 1.42. The minimum atomic E-state index is -1.07. The van der Waals surface area contributed by atoms with Gasteiger partial charge in [-0.15, -0.1) is 0 Å². The molecule has 3 N–H and O–H groups in total. The van der Waals surface area contributed by atoms with E-state index < -0.39 is 18.6 Å². The van der Waals surface area contributed by atoms with E-state index in [0.717, 1.165) is 16.3 Å². The summed E-state index contributed by atoms with van der Waals surface area (Å²) in [5.41, 5.74) is 0.824. The van der Waals surface area contributed by atoms with Crippen molar-refractivity contribution < 1.29 is 19.2 Å². The normalized spacial score (nSPS) is 11.9. The predicted octanol–water partition coefficient (Wildman–Crippen LogP) is 1.49. The number of carbonyl (C=O) groups is 2. The lowest BCUT2D eigenvalue weighted by Crippen LogP contribution is -2.46. The molecule has 0 aliphatic heterocycles. The molecule has 0 radical (unpaired) electrons. The van der Waals surface area contributed by atoms with Crippen LogP contribution in [0.1, 0.15) is 5.56 Å². The molecular weight excluding hydrogens is 322 g/mol. The van der Waals surface area contributed by atoms with E-state index in [1.165, 1.54) is 12.3 Å². The molecule has 2 aromatic carbocycles. The van der Waals surface area contributed by atoms with Crippen LogP contribution in [0.2, 0.25) is 0 Å². The number of aromatic nitrogens is 1. The topological polar surface area (TPSA) is 104 Å². The van der Waals surface area contributed by atoms with Crippen LogP contribution in [0, 0.1) is 0 Å². The second-order valence-corrected chi connectivity index (χ2v) is 5.53. The van der Waals surface area contributed by atoms with Gasteiger partial charge in [0.1, 0.15) is 12.3 Å². The van der Waals surface area contributed by atoms with Gasteiger partial charge in [-0.25, -0.2) is 0 Å². The molecule has 1 heterocycles. The molecule has 0 aliphatic rings. The smallest absolute Gasteiger partial charge is 0.250 e. The van der Waals surface area contributed by atoms with Crippen LogP contribution in [0.15, 0.2) is 59.3 Å². The first kappa shape index (κ1) is 16.7. The van der Waals surface area contributed by atoms with Crippen LogP contribution in [0.5, 0.6) is 0 Å². The lowest BCUT2D eigenvalue weighted by atomic mass is 10.0. The van der Waals surface area contributed by atoms with Gasteiger partial charge in [-0.2, -0.15) is 0 Å². The third kappa shape index (κ3) is 4.21. The van der Waals surface area contributed by atoms with Crippen LogP contribution in [-0.2, 0) is 16.0 Å².